The van der Waals surface area contributed by atoms with Crippen LogP contribution < -0.4 is 4.74 Å². The molecule has 0 saturated carbocycles. The van der Waals surface area contributed by atoms with E-state index in [0.717, 1.165) is 17.3 Å². The molecule has 1 aromatic carbocycles. The van der Waals surface area contributed by atoms with Crippen molar-refractivity contribution in [3.63, 3.8) is 0 Å². The Labute approximate surface area is 176 Å². The molecule has 1 saturated heterocycles. The van der Waals surface area contributed by atoms with Gasteiger partial charge in [0.2, 0.25) is 11.8 Å². The average molecular weight is 462 g/mol. The number of alkyl halides is 2. The van der Waals surface area contributed by atoms with Crippen molar-refractivity contribution in [2.45, 2.75) is 31.2 Å². The smallest absolute Gasteiger partial charge is 0.387 e. The molecule has 1 aromatic heterocycles. The van der Waals surface area contributed by atoms with Crippen LogP contribution in [0.4, 0.5) is 8.78 Å². The van der Waals surface area contributed by atoms with E-state index in [4.69, 9.17) is 4.42 Å². The lowest BCUT2D eigenvalue weighted by molar-refractivity contribution is -0.127. The number of nitrogens with zero attached hydrogens (tertiary/aromatic N) is 3. The molecule has 1 unspecified atom stereocenters. The topological polar surface area (TPSA) is 103 Å². The number of ether oxygens (including phenoxy) is 1. The maximum Gasteiger partial charge on any atom is 0.387 e. The Morgan fingerprint density at radius 3 is 2.70 bits per heavy atom. The Kier molecular flexibility index (Phi) is 7.29. The van der Waals surface area contributed by atoms with Crippen LogP contribution in [0.15, 0.2) is 33.9 Å². The minimum Gasteiger partial charge on any atom is -0.435 e. The zero-order valence-corrected chi connectivity index (χ0v) is 17.8. The molecular formula is C18H21F2N3O5S2. The molecule has 1 fully saturated rings. The molecule has 1 amide bonds. The number of amides is 1. The Morgan fingerprint density at radius 1 is 1.33 bits per heavy atom. The van der Waals surface area contributed by atoms with Crippen molar-refractivity contribution < 1.29 is 31.1 Å². The van der Waals surface area contributed by atoms with Gasteiger partial charge < -0.3 is 14.1 Å². The zero-order chi connectivity index (χ0) is 21.7. The number of hydrogen-bond donors (Lipinski definition) is 0. The monoisotopic (exact) mass is 461 g/mol. The highest BCUT2D eigenvalue weighted by molar-refractivity contribution is 7.99. The van der Waals surface area contributed by atoms with Crippen LogP contribution in [0.5, 0.6) is 5.75 Å². The van der Waals surface area contributed by atoms with E-state index in [2.05, 4.69) is 14.9 Å². The minimum absolute atomic E-state index is 0.0152. The molecular weight excluding hydrogens is 440 g/mol. The van der Waals surface area contributed by atoms with Gasteiger partial charge in [-0.25, -0.2) is 8.42 Å². The molecule has 0 spiro atoms. The number of rotatable bonds is 9. The van der Waals surface area contributed by atoms with E-state index in [1.165, 1.54) is 17.0 Å². The third-order valence-electron chi connectivity index (χ3n) is 4.55. The highest BCUT2D eigenvalue weighted by Crippen LogP contribution is 2.24. The SMILES string of the molecule is CN(Cc1ccc(OC(F)F)cc1)C(=O)CSc1nnc(CC2CCS(=O)(=O)C2)o1. The normalized spacial score (nSPS) is 17.9. The Morgan fingerprint density at radius 2 is 2.07 bits per heavy atom. The summed E-state index contributed by atoms with van der Waals surface area (Å²) in [5.41, 5.74) is 0.768. The largest absolute Gasteiger partial charge is 0.435 e. The summed E-state index contributed by atoms with van der Waals surface area (Å²) in [6.45, 7) is -2.58. The Balaban J connectivity index is 1.44. The summed E-state index contributed by atoms with van der Waals surface area (Å²) in [5.74, 6) is 0.648. The standard InChI is InChI=1S/C18H21F2N3O5S2/c1-23(9-12-2-4-14(5-3-12)27-17(19)20)16(24)10-29-18-22-21-15(28-18)8-13-6-7-30(25,26)11-13/h2-5,13,17H,6-11H2,1H3. The van der Waals surface area contributed by atoms with E-state index in [0.29, 0.717) is 25.3 Å². The van der Waals surface area contributed by atoms with Crippen LogP contribution in [-0.4, -0.2) is 60.3 Å². The summed E-state index contributed by atoms with van der Waals surface area (Å²) in [6.07, 6.45) is 0.998. The first-order chi connectivity index (χ1) is 14.2. The fraction of sp³-hybridized carbons (Fsp3) is 0.500. The summed E-state index contributed by atoms with van der Waals surface area (Å²) in [7, 11) is -1.33. The first kappa shape index (κ1) is 22.5. The van der Waals surface area contributed by atoms with Gasteiger partial charge in [-0.15, -0.1) is 10.2 Å². The van der Waals surface area contributed by atoms with Gasteiger partial charge in [-0.2, -0.15) is 8.78 Å². The molecule has 2 aromatic rings. The third kappa shape index (κ3) is 6.66. The van der Waals surface area contributed by atoms with Crippen molar-refractivity contribution in [3.8, 4) is 5.75 Å². The number of thioether (sulfide) groups is 1. The molecule has 1 aliphatic heterocycles. The van der Waals surface area contributed by atoms with E-state index in [1.54, 1.807) is 19.2 Å². The van der Waals surface area contributed by atoms with E-state index in [-0.39, 0.29) is 40.1 Å². The summed E-state index contributed by atoms with van der Waals surface area (Å²) in [5, 5.41) is 8.07. The number of carbonyl (C=O) groups excluding carboxylic acids is 1. The quantitative estimate of drug-likeness (QED) is 0.525. The Hall–Kier alpha value is -2.21. The molecule has 2 heterocycles. The average Bonchev–Trinajstić information content (AvgIpc) is 3.26. The third-order valence-corrected chi connectivity index (χ3v) is 7.19. The van der Waals surface area contributed by atoms with Crippen LogP contribution in [0.1, 0.15) is 17.9 Å². The maximum atomic E-state index is 12.3. The van der Waals surface area contributed by atoms with Gasteiger partial charge in [-0.1, -0.05) is 23.9 Å². The molecule has 12 heteroatoms. The first-order valence-corrected chi connectivity index (χ1v) is 11.9. The van der Waals surface area contributed by atoms with Gasteiger partial charge in [-0.05, 0) is 30.0 Å². The van der Waals surface area contributed by atoms with Crippen molar-refractivity contribution in [2.24, 2.45) is 5.92 Å². The second-order valence-electron chi connectivity index (χ2n) is 7.00. The van der Waals surface area contributed by atoms with Crippen molar-refractivity contribution >= 4 is 27.5 Å². The summed E-state index contributed by atoms with van der Waals surface area (Å²) < 4.78 is 57.2. The van der Waals surface area contributed by atoms with Gasteiger partial charge in [0.1, 0.15) is 5.75 Å². The van der Waals surface area contributed by atoms with E-state index in [1.807, 2.05) is 0 Å². The predicted octanol–water partition coefficient (Wildman–Crippen LogP) is 2.40. The van der Waals surface area contributed by atoms with Gasteiger partial charge in [0.05, 0.1) is 17.3 Å². The van der Waals surface area contributed by atoms with Crippen molar-refractivity contribution in [2.75, 3.05) is 24.3 Å². The van der Waals surface area contributed by atoms with E-state index >= 15 is 0 Å². The molecule has 164 valence electrons. The lowest BCUT2D eigenvalue weighted by Crippen LogP contribution is -2.27. The number of hydrogen-bond acceptors (Lipinski definition) is 8. The number of benzene rings is 1. The first-order valence-electron chi connectivity index (χ1n) is 9.13. The van der Waals surface area contributed by atoms with Gasteiger partial charge in [-0.3, -0.25) is 4.79 Å². The predicted molar refractivity (Wildman–Crippen MR) is 105 cm³/mol. The molecule has 0 bridgehead atoms. The van der Waals surface area contributed by atoms with Crippen LogP contribution in [0.25, 0.3) is 0 Å². The van der Waals surface area contributed by atoms with Crippen LogP contribution >= 0.6 is 11.8 Å². The number of carbonyl (C=O) groups is 1. The number of sulfone groups is 1. The Bertz CT molecular complexity index is 966. The lowest BCUT2D eigenvalue weighted by atomic mass is 10.1. The van der Waals surface area contributed by atoms with Gasteiger partial charge in [0, 0.05) is 20.0 Å². The van der Waals surface area contributed by atoms with Crippen LogP contribution in [0, 0.1) is 5.92 Å². The van der Waals surface area contributed by atoms with E-state index < -0.39 is 16.4 Å². The molecule has 3 rings (SSSR count). The molecule has 0 radical (unpaired) electrons. The van der Waals surface area contributed by atoms with Crippen LogP contribution in [0.3, 0.4) is 0 Å². The van der Waals surface area contributed by atoms with Crippen molar-refractivity contribution in [3.05, 3.63) is 35.7 Å². The second kappa shape index (κ2) is 9.73. The highest BCUT2D eigenvalue weighted by Gasteiger charge is 2.29. The molecule has 0 N–H and O–H groups in total. The number of aromatic nitrogens is 2. The molecule has 1 atom stereocenters. The van der Waals surface area contributed by atoms with Gasteiger partial charge in [0.15, 0.2) is 9.84 Å². The molecule has 1 aliphatic rings. The minimum atomic E-state index is -2.96. The summed E-state index contributed by atoms with van der Waals surface area (Å²) in [4.78, 5) is 13.8. The second-order valence-corrected chi connectivity index (χ2v) is 10.2. The van der Waals surface area contributed by atoms with Crippen LogP contribution in [-0.2, 0) is 27.6 Å². The zero-order valence-electron chi connectivity index (χ0n) is 16.2. The fourth-order valence-electron chi connectivity index (χ4n) is 3.03. The molecule has 30 heavy (non-hydrogen) atoms. The van der Waals surface area contributed by atoms with Crippen molar-refractivity contribution in [1.82, 2.24) is 15.1 Å². The maximum absolute atomic E-state index is 12.3. The van der Waals surface area contributed by atoms with Gasteiger partial charge >= 0.3 is 6.61 Å². The summed E-state index contributed by atoms with van der Waals surface area (Å²) >= 11 is 1.10. The fourth-order valence-corrected chi connectivity index (χ4v) is 5.61. The van der Waals surface area contributed by atoms with E-state index in [9.17, 15) is 22.0 Å². The molecule has 0 aliphatic carbocycles. The lowest BCUT2D eigenvalue weighted by Gasteiger charge is -2.17. The van der Waals surface area contributed by atoms with Crippen molar-refractivity contribution in [1.29, 1.82) is 0 Å². The number of halogens is 2. The summed E-state index contributed by atoms with van der Waals surface area (Å²) in [6, 6.07) is 6.07. The van der Waals surface area contributed by atoms with Crippen LogP contribution in [0.2, 0.25) is 0 Å². The van der Waals surface area contributed by atoms with Gasteiger partial charge in [0.25, 0.3) is 5.22 Å². The highest BCUT2D eigenvalue weighted by atomic mass is 32.2. The molecule has 8 nitrogen and oxygen atoms in total.